The van der Waals surface area contributed by atoms with Crippen molar-refractivity contribution in [3.05, 3.63) is 46.8 Å². The highest BCUT2D eigenvalue weighted by Crippen LogP contribution is 2.08. The SMILES string of the molecule is COc1nc(CNC(=O)CCn2cnc3ccccc3c2=O)nc(OC)n1. The number of aromatic nitrogens is 5. The summed E-state index contributed by atoms with van der Waals surface area (Å²) in [6.45, 7) is 0.297. The van der Waals surface area contributed by atoms with Gasteiger partial charge in [0, 0.05) is 13.0 Å². The fourth-order valence-corrected chi connectivity index (χ4v) is 2.39. The number of methoxy groups -OCH3 is 2. The number of ether oxygens (including phenoxy) is 2. The molecule has 3 aromatic rings. The van der Waals surface area contributed by atoms with Gasteiger partial charge in [0.25, 0.3) is 5.56 Å². The second kappa shape index (κ2) is 8.21. The maximum absolute atomic E-state index is 12.4. The fraction of sp³-hybridized carbons (Fsp3) is 0.294. The third-order valence-corrected chi connectivity index (χ3v) is 3.76. The van der Waals surface area contributed by atoms with Gasteiger partial charge in [-0.2, -0.15) is 9.97 Å². The number of para-hydroxylation sites is 1. The van der Waals surface area contributed by atoms with Crippen LogP contribution in [0.25, 0.3) is 10.9 Å². The van der Waals surface area contributed by atoms with Gasteiger partial charge in [-0.15, -0.1) is 4.98 Å². The van der Waals surface area contributed by atoms with Gasteiger partial charge in [0.1, 0.15) is 0 Å². The van der Waals surface area contributed by atoms with Crippen molar-refractivity contribution in [2.75, 3.05) is 14.2 Å². The van der Waals surface area contributed by atoms with Crippen molar-refractivity contribution < 1.29 is 14.3 Å². The van der Waals surface area contributed by atoms with Gasteiger partial charge >= 0.3 is 12.0 Å². The largest absolute Gasteiger partial charge is 0.467 e. The van der Waals surface area contributed by atoms with Gasteiger partial charge in [-0.25, -0.2) is 4.98 Å². The van der Waals surface area contributed by atoms with Gasteiger partial charge in [0.2, 0.25) is 5.91 Å². The molecule has 1 aromatic carbocycles. The van der Waals surface area contributed by atoms with Crippen LogP contribution in [0, 0.1) is 0 Å². The van der Waals surface area contributed by atoms with Gasteiger partial charge in [0.15, 0.2) is 5.82 Å². The predicted octanol–water partition coefficient (Wildman–Crippen LogP) is 0.305. The van der Waals surface area contributed by atoms with E-state index in [1.165, 1.54) is 25.1 Å². The number of fused-ring (bicyclic) bond motifs is 1. The van der Waals surface area contributed by atoms with Gasteiger partial charge in [-0.1, -0.05) is 12.1 Å². The number of rotatable bonds is 7. The molecule has 10 heteroatoms. The number of carbonyl (C=O) groups excluding carboxylic acids is 1. The number of amides is 1. The molecule has 0 saturated heterocycles. The molecular weight excluding hydrogens is 352 g/mol. The van der Waals surface area contributed by atoms with Gasteiger partial charge in [-0.3, -0.25) is 14.2 Å². The van der Waals surface area contributed by atoms with Crippen LogP contribution < -0.4 is 20.3 Å². The van der Waals surface area contributed by atoms with E-state index in [2.05, 4.69) is 25.3 Å². The molecule has 0 aliphatic rings. The summed E-state index contributed by atoms with van der Waals surface area (Å²) < 4.78 is 11.3. The van der Waals surface area contributed by atoms with Crippen LogP contribution in [0.15, 0.2) is 35.4 Å². The van der Waals surface area contributed by atoms with Crippen molar-refractivity contribution >= 4 is 16.8 Å². The molecule has 2 aromatic heterocycles. The summed E-state index contributed by atoms with van der Waals surface area (Å²) in [5.74, 6) is 0.0463. The second-order valence-electron chi connectivity index (χ2n) is 5.51. The lowest BCUT2D eigenvalue weighted by molar-refractivity contribution is -0.121. The van der Waals surface area contributed by atoms with E-state index in [9.17, 15) is 9.59 Å². The van der Waals surface area contributed by atoms with Crippen molar-refractivity contribution in [3.63, 3.8) is 0 Å². The van der Waals surface area contributed by atoms with E-state index in [1.807, 2.05) is 6.07 Å². The van der Waals surface area contributed by atoms with Crippen molar-refractivity contribution in [2.24, 2.45) is 0 Å². The van der Waals surface area contributed by atoms with Gasteiger partial charge < -0.3 is 14.8 Å². The van der Waals surface area contributed by atoms with Gasteiger partial charge in [-0.05, 0) is 12.1 Å². The lowest BCUT2D eigenvalue weighted by Crippen LogP contribution is -2.28. The lowest BCUT2D eigenvalue weighted by Gasteiger charge is -2.08. The molecule has 0 fully saturated rings. The molecule has 0 bridgehead atoms. The number of hydrogen-bond acceptors (Lipinski definition) is 8. The first-order chi connectivity index (χ1) is 13.1. The van der Waals surface area contributed by atoms with Crippen LogP contribution >= 0.6 is 0 Å². The smallest absolute Gasteiger partial charge is 0.322 e. The predicted molar refractivity (Wildman–Crippen MR) is 95.4 cm³/mol. The summed E-state index contributed by atoms with van der Waals surface area (Å²) in [4.78, 5) is 40.7. The molecule has 0 spiro atoms. The van der Waals surface area contributed by atoms with Gasteiger partial charge in [0.05, 0.1) is 38.0 Å². The van der Waals surface area contributed by atoms with Crippen molar-refractivity contribution in [1.29, 1.82) is 0 Å². The molecule has 0 atom stereocenters. The van der Waals surface area contributed by atoms with Crippen LogP contribution in [0.4, 0.5) is 0 Å². The maximum atomic E-state index is 12.4. The molecule has 0 unspecified atom stereocenters. The minimum atomic E-state index is -0.256. The molecule has 0 aliphatic carbocycles. The number of benzene rings is 1. The Morgan fingerprint density at radius 2 is 1.81 bits per heavy atom. The summed E-state index contributed by atoms with van der Waals surface area (Å²) in [6, 6.07) is 7.27. The Morgan fingerprint density at radius 3 is 2.52 bits per heavy atom. The second-order valence-corrected chi connectivity index (χ2v) is 5.51. The number of hydrogen-bond donors (Lipinski definition) is 1. The van der Waals surface area contributed by atoms with Crippen molar-refractivity contribution in [2.45, 2.75) is 19.5 Å². The highest BCUT2D eigenvalue weighted by molar-refractivity contribution is 5.77. The molecule has 2 heterocycles. The number of carbonyl (C=O) groups is 1. The maximum Gasteiger partial charge on any atom is 0.322 e. The molecule has 3 rings (SSSR count). The van der Waals surface area contributed by atoms with Crippen molar-refractivity contribution in [1.82, 2.24) is 29.8 Å². The van der Waals surface area contributed by atoms with E-state index in [-0.39, 0.29) is 43.0 Å². The number of nitrogens with one attached hydrogen (secondary N) is 1. The zero-order chi connectivity index (χ0) is 19.2. The quantitative estimate of drug-likeness (QED) is 0.630. The Kier molecular flexibility index (Phi) is 5.55. The van der Waals surface area contributed by atoms with E-state index in [0.717, 1.165) is 0 Å². The Hall–Kier alpha value is -3.56. The van der Waals surface area contributed by atoms with Crippen LogP contribution in [0.1, 0.15) is 12.2 Å². The molecule has 0 aliphatic heterocycles. The summed E-state index contributed by atoms with van der Waals surface area (Å²) >= 11 is 0. The minimum Gasteiger partial charge on any atom is -0.467 e. The Labute approximate surface area is 154 Å². The standard InChI is InChI=1S/C17H18N6O4/c1-26-16-20-13(21-17(22-16)27-2)9-18-14(24)7-8-23-10-19-12-6-4-3-5-11(12)15(23)25/h3-6,10H,7-9H2,1-2H3,(H,18,24). The summed E-state index contributed by atoms with van der Waals surface area (Å²) in [5.41, 5.74) is 0.446. The van der Waals surface area contributed by atoms with Crippen LogP contribution in [-0.4, -0.2) is 44.6 Å². The van der Waals surface area contributed by atoms with E-state index in [0.29, 0.717) is 16.7 Å². The zero-order valence-electron chi connectivity index (χ0n) is 14.9. The molecular formula is C17H18N6O4. The van der Waals surface area contributed by atoms with Crippen LogP contribution in [-0.2, 0) is 17.9 Å². The first-order valence-electron chi connectivity index (χ1n) is 8.14. The highest BCUT2D eigenvalue weighted by Gasteiger charge is 2.10. The Morgan fingerprint density at radius 1 is 1.11 bits per heavy atom. The average molecular weight is 370 g/mol. The third kappa shape index (κ3) is 4.35. The first-order valence-corrected chi connectivity index (χ1v) is 8.14. The van der Waals surface area contributed by atoms with Crippen LogP contribution in [0.3, 0.4) is 0 Å². The Balaban J connectivity index is 1.61. The number of nitrogens with zero attached hydrogens (tertiary/aromatic N) is 5. The molecule has 1 amide bonds. The van der Waals surface area contributed by atoms with E-state index in [1.54, 1.807) is 18.2 Å². The summed E-state index contributed by atoms with van der Waals surface area (Å²) in [7, 11) is 2.85. The first kappa shape index (κ1) is 18.2. The lowest BCUT2D eigenvalue weighted by atomic mass is 10.2. The zero-order valence-corrected chi connectivity index (χ0v) is 14.9. The highest BCUT2D eigenvalue weighted by atomic mass is 16.5. The third-order valence-electron chi connectivity index (χ3n) is 3.76. The summed E-state index contributed by atoms with van der Waals surface area (Å²) in [6.07, 6.45) is 1.55. The molecule has 10 nitrogen and oxygen atoms in total. The van der Waals surface area contributed by atoms with E-state index in [4.69, 9.17) is 9.47 Å². The average Bonchev–Trinajstić information content (AvgIpc) is 2.71. The van der Waals surface area contributed by atoms with E-state index >= 15 is 0 Å². The van der Waals surface area contributed by atoms with E-state index < -0.39 is 0 Å². The molecule has 27 heavy (non-hydrogen) atoms. The molecule has 1 N–H and O–H groups in total. The van der Waals surface area contributed by atoms with Crippen molar-refractivity contribution in [3.8, 4) is 12.0 Å². The minimum absolute atomic E-state index is 0.0823. The number of aryl methyl sites for hydroxylation is 1. The molecule has 140 valence electrons. The van der Waals surface area contributed by atoms with Crippen LogP contribution in [0.2, 0.25) is 0 Å². The topological polar surface area (TPSA) is 121 Å². The normalized spacial score (nSPS) is 10.6. The summed E-state index contributed by atoms with van der Waals surface area (Å²) in [5, 5.41) is 3.21. The monoisotopic (exact) mass is 370 g/mol. The molecule has 0 saturated carbocycles. The van der Waals surface area contributed by atoms with Crippen LogP contribution in [0.5, 0.6) is 12.0 Å². The Bertz CT molecular complexity index is 997. The molecule has 0 radical (unpaired) electrons. The fourth-order valence-electron chi connectivity index (χ4n) is 2.39.